The number of pyridine rings is 1. The first kappa shape index (κ1) is 14.4. The lowest BCUT2D eigenvalue weighted by Crippen LogP contribution is -2.45. The fourth-order valence-electron chi connectivity index (χ4n) is 2.38. The van der Waals surface area contributed by atoms with Gasteiger partial charge in [-0.25, -0.2) is 4.39 Å². The molecule has 0 aliphatic carbocycles. The second-order valence-corrected chi connectivity index (χ2v) is 5.10. The smallest absolute Gasteiger partial charge is 0.141 e. The highest BCUT2D eigenvalue weighted by Gasteiger charge is 2.16. The van der Waals surface area contributed by atoms with Gasteiger partial charge < -0.3 is 10.1 Å². The third kappa shape index (κ3) is 4.53. The van der Waals surface area contributed by atoms with Gasteiger partial charge in [0.25, 0.3) is 0 Å². The third-order valence-electron chi connectivity index (χ3n) is 3.36. The van der Waals surface area contributed by atoms with Crippen molar-refractivity contribution in [2.75, 3.05) is 32.8 Å². The summed E-state index contributed by atoms with van der Waals surface area (Å²) in [6.45, 7) is 8.84. The number of ether oxygens (including phenoxy) is 1. The minimum atomic E-state index is -0.294. The second kappa shape index (κ2) is 6.93. The highest BCUT2D eigenvalue weighted by atomic mass is 19.1. The quantitative estimate of drug-likeness (QED) is 0.879. The van der Waals surface area contributed by atoms with Crippen LogP contribution in [0, 0.1) is 5.82 Å². The molecule has 1 aliphatic rings. The number of halogens is 1. The van der Waals surface area contributed by atoms with Crippen LogP contribution >= 0.6 is 0 Å². The van der Waals surface area contributed by atoms with Gasteiger partial charge >= 0.3 is 0 Å². The van der Waals surface area contributed by atoms with Crippen molar-refractivity contribution >= 4 is 0 Å². The van der Waals surface area contributed by atoms with Crippen molar-refractivity contribution < 1.29 is 9.13 Å². The van der Waals surface area contributed by atoms with Crippen molar-refractivity contribution in [3.05, 3.63) is 29.8 Å². The molecule has 5 heteroatoms. The Balaban J connectivity index is 1.80. The summed E-state index contributed by atoms with van der Waals surface area (Å²) < 4.78 is 18.2. The van der Waals surface area contributed by atoms with Crippen molar-refractivity contribution in [2.24, 2.45) is 0 Å². The molecule has 19 heavy (non-hydrogen) atoms. The molecule has 1 aromatic heterocycles. The molecular formula is C14H22FN3O. The normalized spacial score (nSPS) is 20.2. The van der Waals surface area contributed by atoms with E-state index in [4.69, 9.17) is 4.74 Å². The van der Waals surface area contributed by atoms with Crippen LogP contribution in [0.15, 0.2) is 18.3 Å². The van der Waals surface area contributed by atoms with Crippen LogP contribution in [0.4, 0.5) is 4.39 Å². The van der Waals surface area contributed by atoms with Gasteiger partial charge in [-0.05, 0) is 26.0 Å². The van der Waals surface area contributed by atoms with Gasteiger partial charge in [0.1, 0.15) is 5.82 Å². The summed E-state index contributed by atoms with van der Waals surface area (Å²) in [7, 11) is 0. The van der Waals surface area contributed by atoms with Crippen molar-refractivity contribution in [1.82, 2.24) is 15.2 Å². The minimum absolute atomic E-state index is 0.122. The van der Waals surface area contributed by atoms with Gasteiger partial charge in [-0.3, -0.25) is 9.88 Å². The maximum absolute atomic E-state index is 12.8. The van der Waals surface area contributed by atoms with E-state index < -0.39 is 0 Å². The molecule has 2 rings (SSSR count). The Bertz CT molecular complexity index is 379. The van der Waals surface area contributed by atoms with Gasteiger partial charge in [0, 0.05) is 31.7 Å². The van der Waals surface area contributed by atoms with Crippen molar-refractivity contribution in [3.8, 4) is 0 Å². The predicted octanol–water partition coefficient (Wildman–Crippen LogP) is 1.59. The first-order valence-electron chi connectivity index (χ1n) is 6.83. The Hall–Kier alpha value is -1.04. The van der Waals surface area contributed by atoms with Gasteiger partial charge in [0.2, 0.25) is 0 Å². The van der Waals surface area contributed by atoms with E-state index in [0.29, 0.717) is 6.04 Å². The molecule has 2 atom stereocenters. The van der Waals surface area contributed by atoms with Crippen LogP contribution in [0.25, 0.3) is 0 Å². The number of aromatic nitrogens is 1. The molecule has 2 unspecified atom stereocenters. The topological polar surface area (TPSA) is 37.4 Å². The van der Waals surface area contributed by atoms with E-state index in [2.05, 4.69) is 29.0 Å². The van der Waals surface area contributed by atoms with Gasteiger partial charge in [0.15, 0.2) is 0 Å². The molecule has 1 N–H and O–H groups in total. The predicted molar refractivity (Wildman–Crippen MR) is 72.5 cm³/mol. The van der Waals surface area contributed by atoms with Crippen molar-refractivity contribution in [3.63, 3.8) is 0 Å². The number of hydrogen-bond acceptors (Lipinski definition) is 4. The van der Waals surface area contributed by atoms with Crippen LogP contribution in [0.1, 0.15) is 25.6 Å². The van der Waals surface area contributed by atoms with E-state index in [1.807, 2.05) is 0 Å². The highest BCUT2D eigenvalue weighted by Crippen LogP contribution is 2.11. The maximum Gasteiger partial charge on any atom is 0.141 e. The first-order valence-corrected chi connectivity index (χ1v) is 6.83. The lowest BCUT2D eigenvalue weighted by Gasteiger charge is -2.30. The van der Waals surface area contributed by atoms with Crippen LogP contribution in [0.3, 0.4) is 0 Å². The van der Waals surface area contributed by atoms with Crippen LogP contribution in [-0.2, 0) is 4.74 Å². The summed E-state index contributed by atoms with van der Waals surface area (Å²) in [5, 5.41) is 3.50. The van der Waals surface area contributed by atoms with Crippen LogP contribution in [-0.4, -0.2) is 48.8 Å². The van der Waals surface area contributed by atoms with Gasteiger partial charge in [-0.15, -0.1) is 0 Å². The van der Waals surface area contributed by atoms with E-state index >= 15 is 0 Å². The van der Waals surface area contributed by atoms with E-state index in [-0.39, 0.29) is 11.9 Å². The molecule has 0 bridgehead atoms. The summed E-state index contributed by atoms with van der Waals surface area (Å²) in [5.41, 5.74) is 0.871. The zero-order valence-corrected chi connectivity index (χ0v) is 11.6. The maximum atomic E-state index is 12.8. The molecule has 4 nitrogen and oxygen atoms in total. The standard InChI is InChI=1S/C14H22FN3O/c1-11(10-18-5-7-19-8-6-18)17-12(2)14-4-3-13(15)9-16-14/h3-4,9,11-12,17H,5-8,10H2,1-2H3. The van der Waals surface area contributed by atoms with Crippen molar-refractivity contribution in [2.45, 2.75) is 25.9 Å². The molecule has 106 valence electrons. The number of nitrogens with zero attached hydrogens (tertiary/aromatic N) is 2. The second-order valence-electron chi connectivity index (χ2n) is 5.10. The third-order valence-corrected chi connectivity index (χ3v) is 3.36. The molecule has 0 saturated carbocycles. The molecule has 1 fully saturated rings. The average Bonchev–Trinajstić information content (AvgIpc) is 2.40. The van der Waals surface area contributed by atoms with E-state index in [0.717, 1.165) is 38.5 Å². The zero-order valence-electron chi connectivity index (χ0n) is 11.6. The zero-order chi connectivity index (χ0) is 13.7. The summed E-state index contributed by atoms with van der Waals surface area (Å²) in [6.07, 6.45) is 1.26. The molecule has 1 aliphatic heterocycles. The van der Waals surface area contributed by atoms with Crippen LogP contribution in [0.2, 0.25) is 0 Å². The average molecular weight is 267 g/mol. The molecule has 0 radical (unpaired) electrons. The van der Waals surface area contributed by atoms with Gasteiger partial charge in [-0.2, -0.15) is 0 Å². The molecule has 1 aromatic rings. The molecule has 0 spiro atoms. The minimum Gasteiger partial charge on any atom is -0.379 e. The number of rotatable bonds is 5. The van der Waals surface area contributed by atoms with E-state index in [9.17, 15) is 4.39 Å². The van der Waals surface area contributed by atoms with Gasteiger partial charge in [-0.1, -0.05) is 0 Å². The Labute approximate surface area is 114 Å². The Morgan fingerprint density at radius 2 is 2.11 bits per heavy atom. The summed E-state index contributed by atoms with van der Waals surface area (Å²) >= 11 is 0. The molecule has 0 amide bonds. The largest absolute Gasteiger partial charge is 0.379 e. The van der Waals surface area contributed by atoms with Crippen molar-refractivity contribution in [1.29, 1.82) is 0 Å². The van der Waals surface area contributed by atoms with E-state index in [1.54, 1.807) is 6.07 Å². The highest BCUT2D eigenvalue weighted by molar-refractivity contribution is 5.09. The molecular weight excluding hydrogens is 245 g/mol. The monoisotopic (exact) mass is 267 g/mol. The number of nitrogens with one attached hydrogen (secondary N) is 1. The Morgan fingerprint density at radius 1 is 1.37 bits per heavy atom. The van der Waals surface area contributed by atoms with E-state index in [1.165, 1.54) is 12.3 Å². The first-order chi connectivity index (χ1) is 9.15. The van der Waals surface area contributed by atoms with Crippen LogP contribution in [0.5, 0.6) is 0 Å². The molecule has 0 aromatic carbocycles. The Kier molecular flexibility index (Phi) is 5.24. The summed E-state index contributed by atoms with van der Waals surface area (Å²) in [5.74, 6) is -0.294. The van der Waals surface area contributed by atoms with Crippen LogP contribution < -0.4 is 5.32 Å². The number of morpholine rings is 1. The molecule has 1 saturated heterocycles. The number of hydrogen-bond donors (Lipinski definition) is 1. The fraction of sp³-hybridized carbons (Fsp3) is 0.643. The fourth-order valence-corrected chi connectivity index (χ4v) is 2.38. The van der Waals surface area contributed by atoms with Gasteiger partial charge in [0.05, 0.1) is 25.1 Å². The lowest BCUT2D eigenvalue weighted by atomic mass is 10.2. The molecule has 2 heterocycles. The lowest BCUT2D eigenvalue weighted by molar-refractivity contribution is 0.0339. The summed E-state index contributed by atoms with van der Waals surface area (Å²) in [4.78, 5) is 6.50. The summed E-state index contributed by atoms with van der Waals surface area (Å²) in [6, 6.07) is 3.67. The SMILES string of the molecule is CC(CN1CCOCC1)NC(C)c1ccc(F)cn1. The Morgan fingerprint density at radius 3 is 2.74 bits per heavy atom.